The van der Waals surface area contributed by atoms with Crippen LogP contribution in [0, 0.1) is 11.8 Å². The first-order valence-corrected chi connectivity index (χ1v) is 12.0. The summed E-state index contributed by atoms with van der Waals surface area (Å²) < 4.78 is 43.6. The fraction of sp³-hybridized carbons (Fsp3) is 0.200. The van der Waals surface area contributed by atoms with Gasteiger partial charge in [0.05, 0.1) is 38.0 Å². The van der Waals surface area contributed by atoms with Gasteiger partial charge in [0.15, 0.2) is 11.5 Å². The van der Waals surface area contributed by atoms with E-state index in [0.717, 1.165) is 5.56 Å². The molecule has 0 fully saturated rings. The fourth-order valence-electron chi connectivity index (χ4n) is 2.91. The summed E-state index contributed by atoms with van der Waals surface area (Å²) in [5, 5.41) is 2.64. The van der Waals surface area contributed by atoms with Crippen LogP contribution in [0.1, 0.15) is 11.1 Å². The van der Waals surface area contributed by atoms with E-state index in [9.17, 15) is 13.2 Å². The van der Waals surface area contributed by atoms with E-state index in [4.69, 9.17) is 14.2 Å². The Kier molecular flexibility index (Phi) is 9.06. The minimum absolute atomic E-state index is 0.0797. The van der Waals surface area contributed by atoms with E-state index in [-0.39, 0.29) is 24.0 Å². The summed E-state index contributed by atoms with van der Waals surface area (Å²) in [5.74, 6) is 6.32. The lowest BCUT2D eigenvalue weighted by molar-refractivity contribution is -0.125. The van der Waals surface area contributed by atoms with E-state index < -0.39 is 10.0 Å². The average molecular weight is 496 g/mol. The topological polar surface area (TPSA) is 116 Å². The molecule has 35 heavy (non-hydrogen) atoms. The third-order valence-electron chi connectivity index (χ3n) is 4.66. The Morgan fingerprint density at radius 3 is 2.37 bits per heavy atom. The van der Waals surface area contributed by atoms with Gasteiger partial charge in [0.25, 0.3) is 10.0 Å². The molecule has 2 N–H and O–H groups in total. The zero-order valence-corrected chi connectivity index (χ0v) is 20.1. The molecule has 9 nitrogen and oxygen atoms in total. The van der Waals surface area contributed by atoms with Crippen LogP contribution in [0.4, 0.5) is 5.69 Å². The first kappa shape index (κ1) is 25.6. The van der Waals surface area contributed by atoms with E-state index in [1.165, 1.54) is 32.4 Å². The number of anilines is 1. The van der Waals surface area contributed by atoms with Crippen molar-refractivity contribution in [1.29, 1.82) is 0 Å². The number of hydrogen-bond acceptors (Lipinski definition) is 7. The molecule has 2 aromatic carbocycles. The van der Waals surface area contributed by atoms with Crippen LogP contribution in [0.2, 0.25) is 0 Å². The number of amides is 1. The number of hydrogen-bond donors (Lipinski definition) is 2. The quantitative estimate of drug-likeness (QED) is 0.415. The summed E-state index contributed by atoms with van der Waals surface area (Å²) >= 11 is 0. The highest BCUT2D eigenvalue weighted by Gasteiger charge is 2.15. The summed E-state index contributed by atoms with van der Waals surface area (Å²) in [5.41, 5.74) is 1.88. The number of benzene rings is 2. The number of aromatic nitrogens is 1. The fourth-order valence-corrected chi connectivity index (χ4v) is 3.96. The molecule has 0 saturated carbocycles. The Bertz CT molecular complexity index is 1300. The van der Waals surface area contributed by atoms with Crippen molar-refractivity contribution in [1.82, 2.24) is 10.3 Å². The third kappa shape index (κ3) is 7.74. The minimum atomic E-state index is -3.81. The normalized spacial score (nSPS) is 10.6. The lowest BCUT2D eigenvalue weighted by Crippen LogP contribution is -2.27. The number of nitrogens with zero attached hydrogens (tertiary/aromatic N) is 1. The van der Waals surface area contributed by atoms with Gasteiger partial charge in [-0.05, 0) is 54.1 Å². The van der Waals surface area contributed by atoms with Crippen molar-refractivity contribution in [2.24, 2.45) is 0 Å². The SMILES string of the molecule is COc1ccc(NS(=O)(=O)c2ccc(C#CCNC(=O)COCc3ccncc3)cc2)cc1OC. The molecule has 0 bridgehead atoms. The molecule has 0 saturated heterocycles. The van der Waals surface area contributed by atoms with E-state index >= 15 is 0 Å². The Balaban J connectivity index is 1.49. The van der Waals surface area contributed by atoms with Crippen LogP contribution in [-0.4, -0.2) is 46.7 Å². The number of carbonyl (C=O) groups is 1. The molecule has 0 spiro atoms. The Morgan fingerprint density at radius 2 is 1.69 bits per heavy atom. The van der Waals surface area contributed by atoms with E-state index in [1.54, 1.807) is 36.7 Å². The van der Waals surface area contributed by atoms with Crippen LogP contribution in [-0.2, 0) is 26.2 Å². The van der Waals surface area contributed by atoms with E-state index in [1.807, 2.05) is 12.1 Å². The van der Waals surface area contributed by atoms with Gasteiger partial charge in [-0.15, -0.1) is 0 Å². The van der Waals surface area contributed by atoms with Gasteiger partial charge in [0.1, 0.15) is 6.61 Å². The van der Waals surface area contributed by atoms with E-state index in [0.29, 0.717) is 29.4 Å². The average Bonchev–Trinajstić information content (AvgIpc) is 2.87. The Hall–Kier alpha value is -4.07. The largest absolute Gasteiger partial charge is 0.493 e. The summed E-state index contributed by atoms with van der Waals surface area (Å²) in [7, 11) is -0.838. The van der Waals surface area contributed by atoms with Crippen molar-refractivity contribution < 1.29 is 27.4 Å². The van der Waals surface area contributed by atoms with Gasteiger partial charge in [-0.2, -0.15) is 0 Å². The summed E-state index contributed by atoms with van der Waals surface area (Å²) in [6.45, 7) is 0.375. The maximum absolute atomic E-state index is 12.7. The third-order valence-corrected chi connectivity index (χ3v) is 6.06. The molecule has 3 aromatic rings. The number of methoxy groups -OCH3 is 2. The minimum Gasteiger partial charge on any atom is -0.493 e. The summed E-state index contributed by atoms with van der Waals surface area (Å²) in [6, 6.07) is 14.5. The van der Waals surface area contributed by atoms with Crippen LogP contribution < -0.4 is 19.5 Å². The summed E-state index contributed by atoms with van der Waals surface area (Å²) in [6.07, 6.45) is 3.32. The highest BCUT2D eigenvalue weighted by Crippen LogP contribution is 2.30. The van der Waals surface area contributed by atoms with Gasteiger partial charge < -0.3 is 19.5 Å². The Morgan fingerprint density at radius 1 is 0.971 bits per heavy atom. The molecule has 0 atom stereocenters. The van der Waals surface area contributed by atoms with Gasteiger partial charge in [-0.3, -0.25) is 14.5 Å². The van der Waals surface area contributed by atoms with Gasteiger partial charge in [0.2, 0.25) is 5.91 Å². The molecule has 0 radical (unpaired) electrons. The highest BCUT2D eigenvalue weighted by molar-refractivity contribution is 7.92. The number of ether oxygens (including phenoxy) is 3. The first-order chi connectivity index (χ1) is 16.9. The number of sulfonamides is 1. The zero-order valence-electron chi connectivity index (χ0n) is 19.3. The molecule has 1 amide bonds. The molecule has 10 heteroatoms. The molecule has 0 aliphatic heterocycles. The van der Waals surface area contributed by atoms with Gasteiger partial charge in [0, 0.05) is 24.0 Å². The number of pyridine rings is 1. The molecule has 1 heterocycles. The molecular formula is C25H25N3O6S. The van der Waals surface area contributed by atoms with Crippen LogP contribution in [0.25, 0.3) is 0 Å². The second kappa shape index (κ2) is 12.4. The monoisotopic (exact) mass is 495 g/mol. The zero-order chi connectivity index (χ0) is 25.1. The lowest BCUT2D eigenvalue weighted by Gasteiger charge is -2.12. The molecule has 3 rings (SSSR count). The van der Waals surface area contributed by atoms with Crippen LogP contribution >= 0.6 is 0 Å². The van der Waals surface area contributed by atoms with Crippen molar-refractivity contribution in [3.63, 3.8) is 0 Å². The standard InChI is InChI=1S/C25H25N3O6S/c1-32-23-10-7-21(16-24(23)33-2)28-35(30,31)22-8-5-19(6-9-22)4-3-13-27-25(29)18-34-17-20-11-14-26-15-12-20/h5-12,14-16,28H,13,17-18H2,1-2H3,(H,27,29). The Labute approximate surface area is 204 Å². The lowest BCUT2D eigenvalue weighted by atomic mass is 10.2. The summed E-state index contributed by atoms with van der Waals surface area (Å²) in [4.78, 5) is 15.8. The van der Waals surface area contributed by atoms with E-state index in [2.05, 4.69) is 26.9 Å². The van der Waals surface area contributed by atoms with Gasteiger partial charge in [-0.1, -0.05) is 11.8 Å². The predicted octanol–water partition coefficient (Wildman–Crippen LogP) is 2.58. The van der Waals surface area contributed by atoms with Gasteiger partial charge >= 0.3 is 0 Å². The van der Waals surface area contributed by atoms with Crippen molar-refractivity contribution in [2.45, 2.75) is 11.5 Å². The van der Waals surface area contributed by atoms with Gasteiger partial charge in [-0.25, -0.2) is 8.42 Å². The molecule has 0 aliphatic carbocycles. The first-order valence-electron chi connectivity index (χ1n) is 10.5. The molecule has 1 aromatic heterocycles. The number of rotatable bonds is 10. The predicted molar refractivity (Wildman–Crippen MR) is 131 cm³/mol. The molecule has 0 unspecified atom stereocenters. The van der Waals surface area contributed by atoms with Crippen LogP contribution in [0.3, 0.4) is 0 Å². The maximum atomic E-state index is 12.7. The van der Waals surface area contributed by atoms with Crippen molar-refractivity contribution in [2.75, 3.05) is 32.1 Å². The molecule has 182 valence electrons. The van der Waals surface area contributed by atoms with Crippen LogP contribution in [0.15, 0.2) is 71.9 Å². The number of nitrogens with one attached hydrogen (secondary N) is 2. The second-order valence-corrected chi connectivity index (χ2v) is 8.81. The number of carbonyl (C=O) groups excluding carboxylic acids is 1. The maximum Gasteiger partial charge on any atom is 0.261 e. The van der Waals surface area contributed by atoms with Crippen molar-refractivity contribution in [3.8, 4) is 23.3 Å². The second-order valence-electron chi connectivity index (χ2n) is 7.13. The van der Waals surface area contributed by atoms with Crippen molar-refractivity contribution >= 4 is 21.6 Å². The van der Waals surface area contributed by atoms with Crippen LogP contribution in [0.5, 0.6) is 11.5 Å². The molecular weight excluding hydrogens is 470 g/mol. The molecule has 0 aliphatic rings. The van der Waals surface area contributed by atoms with Crippen molar-refractivity contribution in [3.05, 3.63) is 78.1 Å². The smallest absolute Gasteiger partial charge is 0.261 e. The highest BCUT2D eigenvalue weighted by atomic mass is 32.2.